The summed E-state index contributed by atoms with van der Waals surface area (Å²) in [6, 6.07) is 0. The van der Waals surface area contributed by atoms with Crippen LogP contribution in [-0.4, -0.2) is 48.4 Å². The quantitative estimate of drug-likeness (QED) is 0.534. The van der Waals surface area contributed by atoms with Gasteiger partial charge < -0.3 is 9.80 Å². The molecule has 25 heavy (non-hydrogen) atoms. The van der Waals surface area contributed by atoms with E-state index in [0.717, 1.165) is 56.5 Å². The molecular weight excluding hydrogens is 308 g/mol. The second-order valence-corrected chi connectivity index (χ2v) is 8.83. The van der Waals surface area contributed by atoms with Gasteiger partial charge in [-0.05, 0) is 50.0 Å². The molecule has 3 atom stereocenters. The Morgan fingerprint density at radius 2 is 1.44 bits per heavy atom. The van der Waals surface area contributed by atoms with E-state index in [1.165, 1.54) is 45.3 Å². The topological polar surface area (TPSA) is 23.6 Å². The molecule has 3 unspecified atom stereocenters. The van der Waals surface area contributed by atoms with E-state index >= 15 is 0 Å². The minimum Gasteiger partial charge on any atom is -0.342 e. The number of carbonyl (C=O) groups is 1. The Hall–Kier alpha value is -0.570. The van der Waals surface area contributed by atoms with Crippen molar-refractivity contribution in [2.75, 3.05) is 32.7 Å². The van der Waals surface area contributed by atoms with Crippen LogP contribution in [0.1, 0.15) is 79.1 Å². The zero-order valence-electron chi connectivity index (χ0n) is 17.3. The van der Waals surface area contributed by atoms with E-state index in [4.69, 9.17) is 0 Å². The van der Waals surface area contributed by atoms with Crippen LogP contribution in [0.5, 0.6) is 0 Å². The van der Waals surface area contributed by atoms with Crippen molar-refractivity contribution in [2.45, 2.75) is 79.1 Å². The summed E-state index contributed by atoms with van der Waals surface area (Å²) in [5, 5.41) is 0. The summed E-state index contributed by atoms with van der Waals surface area (Å²) < 4.78 is 0. The minimum atomic E-state index is 0.282. The van der Waals surface area contributed by atoms with E-state index in [1.54, 1.807) is 0 Å². The van der Waals surface area contributed by atoms with Crippen LogP contribution in [0.15, 0.2) is 0 Å². The van der Waals surface area contributed by atoms with E-state index in [1.807, 2.05) is 0 Å². The second kappa shape index (κ2) is 10.5. The van der Waals surface area contributed by atoms with E-state index in [-0.39, 0.29) is 5.92 Å². The van der Waals surface area contributed by atoms with Gasteiger partial charge in [-0.2, -0.15) is 0 Å². The summed E-state index contributed by atoms with van der Waals surface area (Å²) in [4.78, 5) is 17.7. The fourth-order valence-electron chi connectivity index (χ4n) is 5.10. The Balaban J connectivity index is 1.72. The highest BCUT2D eigenvalue weighted by Gasteiger charge is 2.42. The van der Waals surface area contributed by atoms with Crippen LogP contribution in [-0.2, 0) is 4.79 Å². The molecule has 2 saturated heterocycles. The zero-order valence-corrected chi connectivity index (χ0v) is 17.3. The summed E-state index contributed by atoms with van der Waals surface area (Å²) >= 11 is 0. The highest BCUT2D eigenvalue weighted by molar-refractivity contribution is 5.79. The van der Waals surface area contributed by atoms with Gasteiger partial charge in [0.15, 0.2) is 0 Å². The lowest BCUT2D eigenvalue weighted by Crippen LogP contribution is -2.37. The molecule has 0 spiro atoms. The first-order valence-electron chi connectivity index (χ1n) is 11.1. The van der Waals surface area contributed by atoms with E-state index in [9.17, 15) is 4.79 Å². The number of carbonyl (C=O) groups excluding carboxylic acids is 1. The lowest BCUT2D eigenvalue weighted by molar-refractivity contribution is -0.135. The van der Waals surface area contributed by atoms with Crippen molar-refractivity contribution in [3.63, 3.8) is 0 Å². The highest BCUT2D eigenvalue weighted by Crippen LogP contribution is 2.33. The lowest BCUT2D eigenvalue weighted by Gasteiger charge is -2.25. The van der Waals surface area contributed by atoms with Gasteiger partial charge in [0, 0.05) is 32.1 Å². The summed E-state index contributed by atoms with van der Waals surface area (Å²) in [6.07, 6.45) is 9.80. The summed E-state index contributed by atoms with van der Waals surface area (Å²) in [5.74, 6) is 3.10. The molecule has 2 rings (SSSR count). The molecule has 0 aromatic carbocycles. The first-order chi connectivity index (χ1) is 12.1. The fraction of sp³-hybridized carbons (Fsp3) is 0.955. The van der Waals surface area contributed by atoms with Gasteiger partial charge in [0.25, 0.3) is 0 Å². The van der Waals surface area contributed by atoms with Crippen LogP contribution >= 0.6 is 0 Å². The average Bonchev–Trinajstić information content (AvgIpc) is 3.13. The molecule has 3 nitrogen and oxygen atoms in total. The second-order valence-electron chi connectivity index (χ2n) is 8.83. The van der Waals surface area contributed by atoms with Crippen LogP contribution in [0.4, 0.5) is 0 Å². The number of hydrogen-bond acceptors (Lipinski definition) is 2. The van der Waals surface area contributed by atoms with Crippen molar-refractivity contribution < 1.29 is 4.79 Å². The summed E-state index contributed by atoms with van der Waals surface area (Å²) in [7, 11) is 0. The molecule has 0 radical (unpaired) electrons. The van der Waals surface area contributed by atoms with Crippen molar-refractivity contribution >= 4 is 5.91 Å². The molecule has 0 aliphatic carbocycles. The molecule has 0 aromatic heterocycles. The molecule has 2 fully saturated rings. The van der Waals surface area contributed by atoms with Crippen LogP contribution in [0.25, 0.3) is 0 Å². The molecule has 1 amide bonds. The smallest absolute Gasteiger partial charge is 0.225 e. The van der Waals surface area contributed by atoms with Gasteiger partial charge in [0.05, 0.1) is 0 Å². The molecule has 2 heterocycles. The van der Waals surface area contributed by atoms with Gasteiger partial charge in [-0.25, -0.2) is 0 Å². The number of amides is 1. The van der Waals surface area contributed by atoms with Gasteiger partial charge in [0.1, 0.15) is 0 Å². The Morgan fingerprint density at radius 1 is 0.880 bits per heavy atom. The first-order valence-corrected chi connectivity index (χ1v) is 11.1. The number of rotatable bonds is 11. The van der Waals surface area contributed by atoms with Gasteiger partial charge in [0.2, 0.25) is 5.91 Å². The third-order valence-electron chi connectivity index (χ3n) is 6.45. The predicted molar refractivity (Wildman–Crippen MR) is 107 cm³/mol. The molecule has 146 valence electrons. The van der Waals surface area contributed by atoms with Crippen molar-refractivity contribution in [2.24, 2.45) is 23.7 Å². The minimum absolute atomic E-state index is 0.282. The molecular formula is C22H42N2O. The lowest BCUT2D eigenvalue weighted by atomic mass is 9.97. The normalized spacial score (nSPS) is 24.9. The van der Waals surface area contributed by atoms with Gasteiger partial charge in [-0.15, -0.1) is 0 Å². The molecule has 0 N–H and O–H groups in total. The molecule has 0 saturated carbocycles. The Labute approximate surface area is 156 Å². The predicted octanol–water partition coefficient (Wildman–Crippen LogP) is 4.81. The van der Waals surface area contributed by atoms with E-state index in [0.29, 0.717) is 5.91 Å². The fourth-order valence-corrected chi connectivity index (χ4v) is 5.10. The number of likely N-dealkylation sites (tertiary alicyclic amines) is 2. The maximum absolute atomic E-state index is 12.9. The molecule has 3 heteroatoms. The average molecular weight is 351 g/mol. The standard InChI is InChI=1S/C22H42N2O/c1-5-9-18(4)12-8-13-23-14-20-16-24(17-21(20)15-23)22(25)19(10-6-2)11-7-3/h18-21H,5-17H2,1-4H3. The van der Waals surface area contributed by atoms with E-state index < -0.39 is 0 Å². The first kappa shape index (κ1) is 20.7. The largest absolute Gasteiger partial charge is 0.342 e. The SMILES string of the molecule is CCCC(C)CCCN1CC2CN(C(=O)C(CCC)CCC)CC2C1. The summed E-state index contributed by atoms with van der Waals surface area (Å²) in [5.41, 5.74) is 0. The monoisotopic (exact) mass is 350 g/mol. The Bertz CT molecular complexity index is 377. The third-order valence-corrected chi connectivity index (χ3v) is 6.45. The van der Waals surface area contributed by atoms with E-state index in [2.05, 4.69) is 37.5 Å². The third kappa shape index (κ3) is 5.98. The number of fused-ring (bicyclic) bond motifs is 1. The Morgan fingerprint density at radius 3 is 1.96 bits per heavy atom. The van der Waals surface area contributed by atoms with Crippen molar-refractivity contribution in [1.29, 1.82) is 0 Å². The van der Waals surface area contributed by atoms with Gasteiger partial charge >= 0.3 is 0 Å². The molecule has 0 bridgehead atoms. The zero-order chi connectivity index (χ0) is 18.2. The maximum Gasteiger partial charge on any atom is 0.225 e. The molecule has 2 aliphatic heterocycles. The van der Waals surface area contributed by atoms with Crippen molar-refractivity contribution in [3.05, 3.63) is 0 Å². The maximum atomic E-state index is 12.9. The highest BCUT2D eigenvalue weighted by atomic mass is 16.2. The molecule has 2 aliphatic rings. The summed E-state index contributed by atoms with van der Waals surface area (Å²) in [6.45, 7) is 14.9. The number of hydrogen-bond donors (Lipinski definition) is 0. The van der Waals surface area contributed by atoms with Gasteiger partial charge in [-0.3, -0.25) is 4.79 Å². The van der Waals surface area contributed by atoms with Crippen molar-refractivity contribution in [1.82, 2.24) is 9.80 Å². The van der Waals surface area contributed by atoms with Crippen LogP contribution < -0.4 is 0 Å². The Kier molecular flexibility index (Phi) is 8.75. The number of nitrogens with zero attached hydrogens (tertiary/aromatic N) is 2. The van der Waals surface area contributed by atoms with Crippen LogP contribution in [0.2, 0.25) is 0 Å². The van der Waals surface area contributed by atoms with Crippen LogP contribution in [0, 0.1) is 23.7 Å². The van der Waals surface area contributed by atoms with Crippen molar-refractivity contribution in [3.8, 4) is 0 Å². The van der Waals surface area contributed by atoms with Gasteiger partial charge in [-0.1, -0.05) is 53.4 Å². The molecule has 0 aromatic rings. The van der Waals surface area contributed by atoms with Crippen LogP contribution in [0.3, 0.4) is 0 Å².